The summed E-state index contributed by atoms with van der Waals surface area (Å²) in [6.45, 7) is 3.45. The maximum atomic E-state index is 12.9. The van der Waals surface area contributed by atoms with Crippen LogP contribution < -0.4 is 5.32 Å². The Morgan fingerprint density at radius 3 is 1.62 bits per heavy atom. The van der Waals surface area contributed by atoms with Crippen molar-refractivity contribution >= 4 is 5.91 Å². The smallest absolute Gasteiger partial charge is 0.220 e. The summed E-state index contributed by atoms with van der Waals surface area (Å²) >= 11 is 0. The lowest BCUT2D eigenvalue weighted by Crippen LogP contribution is -2.60. The van der Waals surface area contributed by atoms with Crippen molar-refractivity contribution in [3.8, 4) is 0 Å². The minimum atomic E-state index is -1.58. The number of ether oxygens (including phenoxy) is 2. The van der Waals surface area contributed by atoms with E-state index in [9.17, 15) is 30.3 Å². The predicted octanol–water partition coefficient (Wildman–Crippen LogP) is 8.33. The molecule has 1 heterocycles. The van der Waals surface area contributed by atoms with Crippen LogP contribution in [-0.2, 0) is 14.3 Å². The predicted molar refractivity (Wildman–Crippen MR) is 230 cm³/mol. The van der Waals surface area contributed by atoms with Crippen molar-refractivity contribution in [3.05, 3.63) is 109 Å². The largest absolute Gasteiger partial charge is 0.394 e. The minimum Gasteiger partial charge on any atom is -0.394 e. The zero-order chi connectivity index (χ0) is 40.9. The molecule has 0 aromatic heterocycles. The minimum absolute atomic E-state index is 0.225. The van der Waals surface area contributed by atoms with Gasteiger partial charge in [-0.1, -0.05) is 136 Å². The van der Waals surface area contributed by atoms with Gasteiger partial charge < -0.3 is 40.3 Å². The van der Waals surface area contributed by atoms with Crippen LogP contribution in [0.25, 0.3) is 0 Å². The van der Waals surface area contributed by atoms with Gasteiger partial charge in [0.2, 0.25) is 5.91 Å². The fourth-order valence-electron chi connectivity index (χ4n) is 5.72. The van der Waals surface area contributed by atoms with Crippen molar-refractivity contribution in [1.29, 1.82) is 0 Å². The molecule has 0 bridgehead atoms. The maximum absolute atomic E-state index is 12.9. The molecule has 6 N–H and O–H groups in total. The van der Waals surface area contributed by atoms with E-state index in [4.69, 9.17) is 9.47 Å². The van der Waals surface area contributed by atoms with Crippen LogP contribution >= 0.6 is 0 Å². The van der Waals surface area contributed by atoms with Crippen LogP contribution in [-0.4, -0.2) is 87.5 Å². The first-order valence-electron chi connectivity index (χ1n) is 21.1. The highest BCUT2D eigenvalue weighted by Gasteiger charge is 2.44. The van der Waals surface area contributed by atoms with Crippen molar-refractivity contribution in [2.45, 2.75) is 166 Å². The van der Waals surface area contributed by atoms with E-state index in [0.717, 1.165) is 89.9 Å². The lowest BCUT2D eigenvalue weighted by Gasteiger charge is -2.40. The number of nitrogens with one attached hydrogen (secondary N) is 1. The first-order valence-corrected chi connectivity index (χ1v) is 21.1. The standard InChI is InChI=1S/C47H75NO8/c1-3-5-7-9-11-13-15-16-17-18-19-20-21-22-23-24-25-26-27-29-31-33-35-37-43(51)48-40(39-55-47-46(54)45(53)44(52)42(38-49)56-47)41(50)36-34-32-30-28-14-12-10-8-6-4-2/h5-8,11,13-14,16-17,19-20,22-23,25-26,28,34,36,40-42,44-47,49-50,52-54H,3-4,9-10,12,15,18,21,24,27,29-33,35,37-39H2,1-2H3,(H,48,51)/b7-5-,8-6+,13-11-,17-16-,20-19-,23-22-,26-25-,28-14+,36-34+. The Labute approximate surface area is 338 Å². The SMILES string of the molecule is CC/C=C\C/C=C\C/C=C\C/C=C\C/C=C\C/C=C\CCCCCCC(=O)NC(COC1OC(CO)C(O)C(O)C1O)C(O)/C=C/CC/C=C/CC/C=C/CC. The van der Waals surface area contributed by atoms with Crippen LogP contribution in [0.4, 0.5) is 0 Å². The molecular formula is C47H75NO8. The average Bonchev–Trinajstić information content (AvgIpc) is 3.20. The molecule has 0 saturated carbocycles. The normalized spacial score (nSPS) is 22.3. The summed E-state index contributed by atoms with van der Waals surface area (Å²) in [5.74, 6) is -0.225. The van der Waals surface area contributed by atoms with E-state index in [1.54, 1.807) is 6.08 Å². The lowest BCUT2D eigenvalue weighted by atomic mass is 9.99. The highest BCUT2D eigenvalue weighted by atomic mass is 16.7. The summed E-state index contributed by atoms with van der Waals surface area (Å²) in [5, 5.41) is 53.9. The molecule has 9 nitrogen and oxygen atoms in total. The van der Waals surface area contributed by atoms with E-state index in [0.29, 0.717) is 19.3 Å². The third-order valence-corrected chi connectivity index (χ3v) is 9.07. The van der Waals surface area contributed by atoms with E-state index in [1.165, 1.54) is 0 Å². The zero-order valence-electron chi connectivity index (χ0n) is 34.3. The molecule has 0 aromatic rings. The number of carbonyl (C=O) groups excluding carboxylic acids is 1. The second kappa shape index (κ2) is 36.2. The third kappa shape index (κ3) is 26.7. The highest BCUT2D eigenvalue weighted by Crippen LogP contribution is 2.22. The number of carbonyl (C=O) groups is 1. The lowest BCUT2D eigenvalue weighted by molar-refractivity contribution is -0.302. The third-order valence-electron chi connectivity index (χ3n) is 9.07. The van der Waals surface area contributed by atoms with Crippen molar-refractivity contribution in [2.24, 2.45) is 0 Å². The van der Waals surface area contributed by atoms with Gasteiger partial charge >= 0.3 is 0 Å². The Balaban J connectivity index is 2.39. The molecule has 9 heteroatoms. The fraction of sp³-hybridized carbons (Fsp3) is 0.596. The second-order valence-corrected chi connectivity index (χ2v) is 14.0. The number of rotatable bonds is 32. The van der Waals surface area contributed by atoms with Gasteiger partial charge in [0.15, 0.2) is 6.29 Å². The fourth-order valence-corrected chi connectivity index (χ4v) is 5.72. The number of aliphatic hydroxyl groups is 5. The number of allylic oxidation sites excluding steroid dienone is 17. The van der Waals surface area contributed by atoms with E-state index in [-0.39, 0.29) is 12.5 Å². The molecule has 1 aliphatic heterocycles. The van der Waals surface area contributed by atoms with Gasteiger partial charge in [0, 0.05) is 6.42 Å². The van der Waals surface area contributed by atoms with E-state index in [1.807, 2.05) is 6.08 Å². The van der Waals surface area contributed by atoms with Crippen LogP contribution in [0.3, 0.4) is 0 Å². The van der Waals surface area contributed by atoms with Crippen molar-refractivity contribution in [3.63, 3.8) is 0 Å². The van der Waals surface area contributed by atoms with Crippen molar-refractivity contribution in [1.82, 2.24) is 5.32 Å². The quantitative estimate of drug-likeness (QED) is 0.0295. The summed E-state index contributed by atoms with van der Waals surface area (Å²) in [7, 11) is 0. The monoisotopic (exact) mass is 782 g/mol. The average molecular weight is 782 g/mol. The molecule has 1 saturated heterocycles. The Morgan fingerprint density at radius 2 is 1.07 bits per heavy atom. The summed E-state index contributed by atoms with van der Waals surface area (Å²) in [4.78, 5) is 12.9. The number of hydrogen-bond donors (Lipinski definition) is 6. The van der Waals surface area contributed by atoms with Crippen LogP contribution in [0.2, 0.25) is 0 Å². The van der Waals surface area contributed by atoms with Gasteiger partial charge in [-0.3, -0.25) is 4.79 Å². The van der Waals surface area contributed by atoms with Crippen molar-refractivity contribution in [2.75, 3.05) is 13.2 Å². The van der Waals surface area contributed by atoms with Crippen LogP contribution in [0.5, 0.6) is 0 Å². The maximum Gasteiger partial charge on any atom is 0.220 e. The first kappa shape index (κ1) is 50.9. The Morgan fingerprint density at radius 1 is 0.607 bits per heavy atom. The molecule has 7 atom stereocenters. The molecule has 0 spiro atoms. The van der Waals surface area contributed by atoms with Gasteiger partial charge in [0.05, 0.1) is 25.4 Å². The van der Waals surface area contributed by atoms with Gasteiger partial charge in [0.1, 0.15) is 24.4 Å². The Bertz CT molecular complexity index is 1230. The number of unbranched alkanes of at least 4 members (excludes halogenated alkanes) is 6. The molecule has 1 rings (SSSR count). The van der Waals surface area contributed by atoms with E-state index < -0.39 is 49.5 Å². The molecule has 0 aliphatic carbocycles. The number of aliphatic hydroxyl groups excluding tert-OH is 5. The zero-order valence-corrected chi connectivity index (χ0v) is 34.3. The summed E-state index contributed by atoms with van der Waals surface area (Å²) in [5.41, 5.74) is 0. The van der Waals surface area contributed by atoms with E-state index in [2.05, 4.69) is 116 Å². The van der Waals surface area contributed by atoms with Crippen molar-refractivity contribution < 1.29 is 39.8 Å². The van der Waals surface area contributed by atoms with Crippen LogP contribution in [0.15, 0.2) is 109 Å². The molecule has 1 amide bonds. The topological polar surface area (TPSA) is 149 Å². The van der Waals surface area contributed by atoms with E-state index >= 15 is 0 Å². The molecule has 1 fully saturated rings. The van der Waals surface area contributed by atoms with Gasteiger partial charge in [0.25, 0.3) is 0 Å². The molecule has 56 heavy (non-hydrogen) atoms. The van der Waals surface area contributed by atoms with Gasteiger partial charge in [-0.05, 0) is 89.9 Å². The summed E-state index contributed by atoms with van der Waals surface area (Å²) in [6.07, 6.45) is 45.7. The molecule has 0 aromatic carbocycles. The van der Waals surface area contributed by atoms with Crippen LogP contribution in [0, 0.1) is 0 Å². The first-order chi connectivity index (χ1) is 27.3. The van der Waals surface area contributed by atoms with Gasteiger partial charge in [-0.25, -0.2) is 0 Å². The molecular weight excluding hydrogens is 707 g/mol. The summed E-state index contributed by atoms with van der Waals surface area (Å²) < 4.78 is 11.1. The second-order valence-electron chi connectivity index (χ2n) is 14.0. The summed E-state index contributed by atoms with van der Waals surface area (Å²) in [6, 6.07) is -0.847. The van der Waals surface area contributed by atoms with Gasteiger partial charge in [-0.15, -0.1) is 0 Å². The molecule has 1 aliphatic rings. The molecule has 316 valence electrons. The highest BCUT2D eigenvalue weighted by molar-refractivity contribution is 5.76. The number of hydrogen-bond acceptors (Lipinski definition) is 8. The number of amides is 1. The molecule has 7 unspecified atom stereocenters. The van der Waals surface area contributed by atoms with Crippen LogP contribution in [0.1, 0.15) is 123 Å². The Kier molecular flexibility index (Phi) is 32.9. The Hall–Kier alpha value is -3.15. The molecule has 0 radical (unpaired) electrons. The van der Waals surface area contributed by atoms with Gasteiger partial charge in [-0.2, -0.15) is 0 Å².